The number of carbonyl (C=O) groups is 1. The number of nitrogens with one attached hydrogen (secondary N) is 1. The van der Waals surface area contributed by atoms with E-state index in [2.05, 4.69) is 17.2 Å². The number of hydrogen-bond acceptors (Lipinski definition) is 5. The Morgan fingerprint density at radius 2 is 1.88 bits per heavy atom. The third-order valence-electron chi connectivity index (χ3n) is 3.39. The van der Waals surface area contributed by atoms with Crippen LogP contribution in [0.15, 0.2) is 42.6 Å². The van der Waals surface area contributed by atoms with Gasteiger partial charge in [0.1, 0.15) is 11.5 Å². The molecule has 2 aromatic rings. The molecule has 0 aliphatic rings. The van der Waals surface area contributed by atoms with Crippen molar-refractivity contribution in [1.82, 2.24) is 10.3 Å². The van der Waals surface area contributed by atoms with Crippen molar-refractivity contribution in [3.05, 3.63) is 48.2 Å². The first-order chi connectivity index (χ1) is 11.9. The van der Waals surface area contributed by atoms with Crippen molar-refractivity contribution in [2.24, 2.45) is 5.73 Å². The van der Waals surface area contributed by atoms with Crippen LogP contribution in [0.4, 0.5) is 0 Å². The maximum Gasteiger partial charge on any atom is 0.239 e. The molecule has 0 unspecified atom stereocenters. The first-order valence-electron chi connectivity index (χ1n) is 8.32. The Balaban J connectivity index is 2.04. The number of amides is 1. The number of benzene rings is 1. The van der Waals surface area contributed by atoms with E-state index in [1.807, 2.05) is 30.3 Å². The predicted molar refractivity (Wildman–Crippen MR) is 96.7 cm³/mol. The highest BCUT2D eigenvalue weighted by Gasteiger charge is 2.21. The molecule has 0 aliphatic carbocycles. The molecule has 0 fully saturated rings. The second kappa shape index (κ2) is 8.48. The zero-order valence-electron chi connectivity index (χ0n) is 14.9. The fourth-order valence-electron chi connectivity index (χ4n) is 1.99. The molecule has 0 radical (unpaired) electrons. The van der Waals surface area contributed by atoms with E-state index in [4.69, 9.17) is 15.2 Å². The molecule has 2 rings (SSSR count). The van der Waals surface area contributed by atoms with Gasteiger partial charge in [-0.15, -0.1) is 0 Å². The number of carbonyl (C=O) groups excluding carboxylic acids is 1. The molecule has 0 aliphatic heterocycles. The summed E-state index contributed by atoms with van der Waals surface area (Å²) in [6.07, 6.45) is 2.60. The van der Waals surface area contributed by atoms with Crippen LogP contribution in [-0.2, 0) is 11.3 Å². The number of nitrogens with zero attached hydrogens (tertiary/aromatic N) is 1. The molecule has 0 spiro atoms. The summed E-state index contributed by atoms with van der Waals surface area (Å²) in [4.78, 5) is 16.2. The predicted octanol–water partition coefficient (Wildman–Crippen LogP) is 3.02. The molecule has 25 heavy (non-hydrogen) atoms. The van der Waals surface area contributed by atoms with Gasteiger partial charge in [-0.2, -0.15) is 0 Å². The van der Waals surface area contributed by atoms with Gasteiger partial charge in [-0.25, -0.2) is 4.98 Å². The van der Waals surface area contributed by atoms with Gasteiger partial charge in [-0.1, -0.05) is 13.0 Å². The quantitative estimate of drug-likeness (QED) is 0.769. The Morgan fingerprint density at radius 3 is 2.52 bits per heavy atom. The fourth-order valence-corrected chi connectivity index (χ4v) is 1.99. The Bertz CT molecular complexity index is 694. The van der Waals surface area contributed by atoms with E-state index in [-0.39, 0.29) is 5.91 Å². The number of nitrogens with two attached hydrogens (primary N) is 1. The average Bonchev–Trinajstić information content (AvgIpc) is 2.59. The summed E-state index contributed by atoms with van der Waals surface area (Å²) in [5.41, 5.74) is 5.62. The number of hydrogen-bond donors (Lipinski definition) is 2. The van der Waals surface area contributed by atoms with Crippen LogP contribution in [0.2, 0.25) is 0 Å². The van der Waals surface area contributed by atoms with Crippen LogP contribution in [0.1, 0.15) is 32.8 Å². The van der Waals surface area contributed by atoms with E-state index >= 15 is 0 Å². The lowest BCUT2D eigenvalue weighted by Crippen LogP contribution is -2.48. The zero-order chi connectivity index (χ0) is 18.3. The molecule has 0 saturated carbocycles. The van der Waals surface area contributed by atoms with E-state index < -0.39 is 5.54 Å². The van der Waals surface area contributed by atoms with Gasteiger partial charge in [0.25, 0.3) is 0 Å². The van der Waals surface area contributed by atoms with Gasteiger partial charge in [0, 0.05) is 18.3 Å². The largest absolute Gasteiger partial charge is 0.494 e. The SMILES string of the molecule is CCCOc1ccc(Oc2ncccc2CNC(=O)C(C)(C)N)cc1. The second-order valence-electron chi connectivity index (χ2n) is 6.29. The number of pyridine rings is 1. The maximum atomic E-state index is 11.9. The van der Waals surface area contributed by atoms with Gasteiger partial charge in [0.05, 0.1) is 12.1 Å². The van der Waals surface area contributed by atoms with Gasteiger partial charge in [0.2, 0.25) is 11.8 Å². The highest BCUT2D eigenvalue weighted by molar-refractivity contribution is 5.85. The van der Waals surface area contributed by atoms with Crippen molar-refractivity contribution in [3.63, 3.8) is 0 Å². The maximum absolute atomic E-state index is 11.9. The van der Waals surface area contributed by atoms with E-state index in [1.165, 1.54) is 0 Å². The van der Waals surface area contributed by atoms with Crippen LogP contribution in [0.3, 0.4) is 0 Å². The van der Waals surface area contributed by atoms with Crippen LogP contribution < -0.4 is 20.5 Å². The van der Waals surface area contributed by atoms with Crippen LogP contribution in [0.5, 0.6) is 17.4 Å². The Kier molecular flexibility index (Phi) is 6.36. The zero-order valence-corrected chi connectivity index (χ0v) is 14.9. The smallest absolute Gasteiger partial charge is 0.239 e. The summed E-state index contributed by atoms with van der Waals surface area (Å²) in [5.74, 6) is 1.65. The Morgan fingerprint density at radius 1 is 1.20 bits per heavy atom. The minimum absolute atomic E-state index is 0.236. The third kappa shape index (κ3) is 5.76. The van der Waals surface area contributed by atoms with Crippen LogP contribution in [0, 0.1) is 0 Å². The first-order valence-corrected chi connectivity index (χ1v) is 8.32. The molecule has 6 heteroatoms. The van der Waals surface area contributed by atoms with E-state index in [1.54, 1.807) is 26.1 Å². The van der Waals surface area contributed by atoms with Crippen LogP contribution in [-0.4, -0.2) is 23.0 Å². The third-order valence-corrected chi connectivity index (χ3v) is 3.39. The van der Waals surface area contributed by atoms with E-state index in [0.717, 1.165) is 17.7 Å². The normalized spacial score (nSPS) is 11.0. The summed E-state index contributed by atoms with van der Waals surface area (Å²) in [6.45, 7) is 6.35. The van der Waals surface area contributed by atoms with Crippen LogP contribution >= 0.6 is 0 Å². The topological polar surface area (TPSA) is 86.5 Å². The molecule has 0 atom stereocenters. The summed E-state index contributed by atoms with van der Waals surface area (Å²) in [5, 5.41) is 2.79. The van der Waals surface area contributed by atoms with Gasteiger partial charge in [-0.05, 0) is 50.6 Å². The van der Waals surface area contributed by atoms with E-state index in [9.17, 15) is 4.79 Å². The number of aromatic nitrogens is 1. The number of rotatable bonds is 8. The minimum Gasteiger partial charge on any atom is -0.494 e. The van der Waals surface area contributed by atoms with Crippen molar-refractivity contribution >= 4 is 5.91 Å². The van der Waals surface area contributed by atoms with Crippen LogP contribution in [0.25, 0.3) is 0 Å². The highest BCUT2D eigenvalue weighted by Crippen LogP contribution is 2.25. The molecule has 1 aromatic heterocycles. The summed E-state index contributed by atoms with van der Waals surface area (Å²) in [6, 6.07) is 11.0. The molecule has 6 nitrogen and oxygen atoms in total. The molecule has 134 valence electrons. The average molecular weight is 343 g/mol. The fraction of sp³-hybridized carbons (Fsp3) is 0.368. The molecule has 0 saturated heterocycles. The molecule has 1 aromatic carbocycles. The van der Waals surface area contributed by atoms with Gasteiger partial charge < -0.3 is 20.5 Å². The lowest BCUT2D eigenvalue weighted by Gasteiger charge is -2.18. The minimum atomic E-state index is -0.933. The lowest BCUT2D eigenvalue weighted by atomic mass is 10.1. The summed E-state index contributed by atoms with van der Waals surface area (Å²) < 4.78 is 11.4. The van der Waals surface area contributed by atoms with Crippen molar-refractivity contribution in [2.45, 2.75) is 39.3 Å². The molecular weight excluding hydrogens is 318 g/mol. The summed E-state index contributed by atoms with van der Waals surface area (Å²) in [7, 11) is 0. The van der Waals surface area contributed by atoms with Crippen molar-refractivity contribution in [1.29, 1.82) is 0 Å². The highest BCUT2D eigenvalue weighted by atomic mass is 16.5. The Labute approximate surface area is 148 Å². The van der Waals surface area contributed by atoms with Gasteiger partial charge >= 0.3 is 0 Å². The second-order valence-corrected chi connectivity index (χ2v) is 6.29. The van der Waals surface area contributed by atoms with Gasteiger partial charge in [-0.3, -0.25) is 4.79 Å². The molecular formula is C19H25N3O3. The van der Waals surface area contributed by atoms with Gasteiger partial charge in [0.15, 0.2) is 0 Å². The van der Waals surface area contributed by atoms with Crippen molar-refractivity contribution < 1.29 is 14.3 Å². The molecule has 1 amide bonds. The van der Waals surface area contributed by atoms with Crippen molar-refractivity contribution in [2.75, 3.05) is 6.61 Å². The molecule has 3 N–H and O–H groups in total. The van der Waals surface area contributed by atoms with Crippen molar-refractivity contribution in [3.8, 4) is 17.4 Å². The summed E-state index contributed by atoms with van der Waals surface area (Å²) >= 11 is 0. The standard InChI is InChI=1S/C19H25N3O3/c1-4-12-24-15-7-9-16(10-8-15)25-17-14(6-5-11-21-17)13-22-18(23)19(2,3)20/h5-11H,4,12-13,20H2,1-3H3,(H,22,23). The molecule has 0 bridgehead atoms. The molecule has 1 heterocycles. The van der Waals surface area contributed by atoms with E-state index in [0.29, 0.717) is 24.8 Å². The first kappa shape index (κ1) is 18.7. The number of ether oxygens (including phenoxy) is 2. The monoisotopic (exact) mass is 343 g/mol. The Hall–Kier alpha value is -2.60. The lowest BCUT2D eigenvalue weighted by molar-refractivity contribution is -0.125.